The van der Waals surface area contributed by atoms with E-state index in [0.717, 1.165) is 53.0 Å². The number of piperazine rings is 1. The Kier molecular flexibility index (Phi) is 7.27. The molecular weight excluding hydrogens is 518 g/mol. The highest BCUT2D eigenvalue weighted by atomic mass is 32.1. The van der Waals surface area contributed by atoms with Gasteiger partial charge in [0, 0.05) is 49.7 Å². The Balaban J connectivity index is 1.34. The molecule has 3 aromatic heterocycles. The number of thiophene rings is 1. The number of nitrogens with one attached hydrogen (secondary N) is 2. The van der Waals surface area contributed by atoms with E-state index in [1.165, 1.54) is 23.6 Å². The van der Waals surface area contributed by atoms with Crippen molar-refractivity contribution < 1.29 is 8.78 Å². The fourth-order valence-electron chi connectivity index (χ4n) is 5.04. The Bertz CT molecular complexity index is 1580. The number of anilines is 1. The number of hydrogen-bond donors (Lipinski definition) is 2. The van der Waals surface area contributed by atoms with Crippen LogP contribution in [0.25, 0.3) is 31.8 Å². The van der Waals surface area contributed by atoms with Crippen LogP contribution in [-0.2, 0) is 6.54 Å². The van der Waals surface area contributed by atoms with Crippen LogP contribution in [0.1, 0.15) is 18.5 Å². The highest BCUT2D eigenvalue weighted by Crippen LogP contribution is 2.42. The number of rotatable bonds is 8. The normalized spacial score (nSPS) is 15.1. The van der Waals surface area contributed by atoms with Gasteiger partial charge in [0.25, 0.3) is 0 Å². The summed E-state index contributed by atoms with van der Waals surface area (Å²) in [6, 6.07) is 13.1. The third-order valence-electron chi connectivity index (χ3n) is 7.07. The van der Waals surface area contributed by atoms with E-state index in [9.17, 15) is 8.78 Å². The molecule has 4 heterocycles. The molecule has 0 spiro atoms. The lowest BCUT2D eigenvalue weighted by atomic mass is 9.93. The highest BCUT2D eigenvalue weighted by Gasteiger charge is 2.23. The van der Waals surface area contributed by atoms with Gasteiger partial charge in [-0.05, 0) is 47.2 Å². The monoisotopic (exact) mass is 546 g/mol. The number of hydrogen-bond acceptors (Lipinski definition) is 8. The van der Waals surface area contributed by atoms with Crippen LogP contribution in [0.3, 0.4) is 0 Å². The van der Waals surface area contributed by atoms with Crippen molar-refractivity contribution in [3.05, 3.63) is 78.3 Å². The maximum atomic E-state index is 15.0. The van der Waals surface area contributed by atoms with Gasteiger partial charge in [-0.25, -0.2) is 18.7 Å². The van der Waals surface area contributed by atoms with Crippen LogP contribution in [-0.4, -0.2) is 62.6 Å². The van der Waals surface area contributed by atoms with Crippen molar-refractivity contribution >= 4 is 27.4 Å². The summed E-state index contributed by atoms with van der Waals surface area (Å²) in [5.74, 6) is -0.441. The van der Waals surface area contributed by atoms with Crippen LogP contribution >= 0.6 is 11.3 Å². The van der Waals surface area contributed by atoms with E-state index in [1.807, 2.05) is 30.3 Å². The zero-order chi connectivity index (χ0) is 26.8. The Morgan fingerprint density at radius 3 is 2.79 bits per heavy atom. The van der Waals surface area contributed by atoms with Crippen LogP contribution in [0.2, 0.25) is 0 Å². The predicted molar refractivity (Wildman–Crippen MR) is 150 cm³/mol. The van der Waals surface area contributed by atoms with Crippen molar-refractivity contribution in [3.8, 4) is 21.7 Å². The van der Waals surface area contributed by atoms with Gasteiger partial charge >= 0.3 is 0 Å². The van der Waals surface area contributed by atoms with Gasteiger partial charge in [-0.15, -0.1) is 16.4 Å². The third-order valence-corrected chi connectivity index (χ3v) is 8.26. The number of nitrogens with zero attached hydrogens (tertiary/aromatic N) is 6. The SMILES string of the molecule is CC(c1ccc(F)cc1-c1cccc2cc(-c3nc(NCCn4ccnn4)ncc3F)sc12)N1CCNCC1. The lowest BCUT2D eigenvalue weighted by Crippen LogP contribution is -2.44. The Morgan fingerprint density at radius 2 is 1.97 bits per heavy atom. The molecule has 200 valence electrons. The Labute approximate surface area is 228 Å². The summed E-state index contributed by atoms with van der Waals surface area (Å²) in [5, 5.41) is 15.2. The molecule has 39 heavy (non-hydrogen) atoms. The second kappa shape index (κ2) is 11.1. The summed E-state index contributed by atoms with van der Waals surface area (Å²) >= 11 is 1.45. The minimum atomic E-state index is -0.497. The minimum absolute atomic E-state index is 0.128. The molecule has 0 bridgehead atoms. The van der Waals surface area contributed by atoms with E-state index in [0.29, 0.717) is 23.9 Å². The standard InChI is InChI=1S/C28H28F2N8S/c1-18(37-11-7-31-8-12-37)21-6-5-20(29)16-23(21)22-4-2-3-19-15-25(39-27(19)22)26-24(30)17-33-28(35-26)32-9-13-38-14-10-34-36-38/h2-6,10,14-18,31H,7-9,11-13H2,1H3,(H,32,33,35). The van der Waals surface area contributed by atoms with Gasteiger partial charge in [-0.2, -0.15) is 0 Å². The summed E-state index contributed by atoms with van der Waals surface area (Å²) in [5.41, 5.74) is 3.10. The topological polar surface area (TPSA) is 83.8 Å². The first kappa shape index (κ1) is 25.5. The van der Waals surface area contributed by atoms with Crippen LogP contribution < -0.4 is 10.6 Å². The Hall–Kier alpha value is -3.80. The summed E-state index contributed by atoms with van der Waals surface area (Å²) in [7, 11) is 0. The maximum absolute atomic E-state index is 15.0. The zero-order valence-electron chi connectivity index (χ0n) is 21.4. The van der Waals surface area contributed by atoms with E-state index < -0.39 is 5.82 Å². The van der Waals surface area contributed by atoms with Crippen molar-refractivity contribution in [2.75, 3.05) is 38.0 Å². The molecule has 6 rings (SSSR count). The van der Waals surface area contributed by atoms with Gasteiger partial charge in [-0.1, -0.05) is 29.5 Å². The Morgan fingerprint density at radius 1 is 1.10 bits per heavy atom. The second-order valence-corrected chi connectivity index (χ2v) is 10.6. The van der Waals surface area contributed by atoms with E-state index >= 15 is 0 Å². The van der Waals surface area contributed by atoms with Crippen LogP contribution in [0.5, 0.6) is 0 Å². The molecule has 1 saturated heterocycles. The van der Waals surface area contributed by atoms with E-state index in [4.69, 9.17) is 0 Å². The van der Waals surface area contributed by atoms with Crippen molar-refractivity contribution in [1.29, 1.82) is 0 Å². The largest absolute Gasteiger partial charge is 0.352 e. The molecular formula is C28H28F2N8S. The first-order chi connectivity index (χ1) is 19.1. The number of halogens is 2. The highest BCUT2D eigenvalue weighted by molar-refractivity contribution is 7.22. The number of fused-ring (bicyclic) bond motifs is 1. The molecule has 1 aliphatic rings. The summed E-state index contributed by atoms with van der Waals surface area (Å²) in [4.78, 5) is 11.7. The number of aromatic nitrogens is 5. The smallest absolute Gasteiger partial charge is 0.223 e. The van der Waals surface area contributed by atoms with Gasteiger partial charge < -0.3 is 10.6 Å². The summed E-state index contributed by atoms with van der Waals surface area (Å²) in [6.45, 7) is 7.01. The second-order valence-electron chi connectivity index (χ2n) is 9.51. The fourth-order valence-corrected chi connectivity index (χ4v) is 6.22. The van der Waals surface area contributed by atoms with E-state index in [2.05, 4.69) is 42.7 Å². The quantitative estimate of drug-likeness (QED) is 0.284. The molecule has 0 saturated carbocycles. The summed E-state index contributed by atoms with van der Waals surface area (Å²) in [6.07, 6.45) is 4.56. The van der Waals surface area contributed by atoms with Crippen molar-refractivity contribution in [3.63, 3.8) is 0 Å². The maximum Gasteiger partial charge on any atom is 0.223 e. The van der Waals surface area contributed by atoms with Gasteiger partial charge in [-0.3, -0.25) is 9.58 Å². The third kappa shape index (κ3) is 5.38. The van der Waals surface area contributed by atoms with Crippen LogP contribution in [0, 0.1) is 11.6 Å². The lowest BCUT2D eigenvalue weighted by molar-refractivity contribution is 0.186. The molecule has 5 aromatic rings. The first-order valence-electron chi connectivity index (χ1n) is 12.9. The van der Waals surface area contributed by atoms with Crippen molar-refractivity contribution in [2.24, 2.45) is 0 Å². The molecule has 0 amide bonds. The van der Waals surface area contributed by atoms with Crippen molar-refractivity contribution in [1.82, 2.24) is 35.2 Å². The lowest BCUT2D eigenvalue weighted by Gasteiger charge is -2.34. The first-order valence-corrected chi connectivity index (χ1v) is 13.8. The van der Waals surface area contributed by atoms with Gasteiger partial charge in [0.1, 0.15) is 11.5 Å². The molecule has 0 radical (unpaired) electrons. The number of benzene rings is 2. The average Bonchev–Trinajstić information content (AvgIpc) is 3.64. The molecule has 2 N–H and O–H groups in total. The predicted octanol–water partition coefficient (Wildman–Crippen LogP) is 4.97. The van der Waals surface area contributed by atoms with Crippen molar-refractivity contribution in [2.45, 2.75) is 19.5 Å². The van der Waals surface area contributed by atoms with Crippen LogP contribution in [0.15, 0.2) is 61.1 Å². The van der Waals surface area contributed by atoms with E-state index in [1.54, 1.807) is 23.1 Å². The molecule has 1 atom stereocenters. The molecule has 11 heteroatoms. The molecule has 8 nitrogen and oxygen atoms in total. The average molecular weight is 547 g/mol. The fraction of sp³-hybridized carbons (Fsp3) is 0.286. The summed E-state index contributed by atoms with van der Waals surface area (Å²) < 4.78 is 32.2. The van der Waals surface area contributed by atoms with Gasteiger partial charge in [0.05, 0.1) is 23.8 Å². The molecule has 1 fully saturated rings. The molecule has 2 aromatic carbocycles. The van der Waals surface area contributed by atoms with E-state index in [-0.39, 0.29) is 17.6 Å². The zero-order valence-corrected chi connectivity index (χ0v) is 22.3. The molecule has 1 unspecified atom stereocenters. The minimum Gasteiger partial charge on any atom is -0.352 e. The van der Waals surface area contributed by atoms with Gasteiger partial charge in [0.15, 0.2) is 5.82 Å². The van der Waals surface area contributed by atoms with Gasteiger partial charge in [0.2, 0.25) is 5.95 Å². The molecule has 0 aliphatic carbocycles. The van der Waals surface area contributed by atoms with Crippen LogP contribution in [0.4, 0.5) is 14.7 Å². The molecule has 1 aliphatic heterocycles.